The predicted molar refractivity (Wildman–Crippen MR) is 102 cm³/mol. The zero-order chi connectivity index (χ0) is 19.3. The molecule has 2 aromatic carbocycles. The van der Waals surface area contributed by atoms with Crippen LogP contribution in [0, 0.1) is 0 Å². The molecule has 1 aliphatic heterocycles. The average Bonchev–Trinajstić information content (AvgIpc) is 2.74. The standard InChI is InChI=1S/C22H25NO4/c1-17(27-19-11-7-4-8-12-19)20(24)23-15-13-22(14-16-23,21(25)26-2)18-9-5-3-6-10-18/h3-12,17H,13-16H2,1-2H3/t17-/m1/s1. The van der Waals surface area contributed by atoms with Crippen LogP contribution in [0.4, 0.5) is 0 Å². The molecule has 5 heteroatoms. The average molecular weight is 367 g/mol. The van der Waals surface area contributed by atoms with E-state index in [4.69, 9.17) is 9.47 Å². The summed E-state index contributed by atoms with van der Waals surface area (Å²) in [5.74, 6) is 0.364. The molecule has 2 aromatic rings. The number of para-hydroxylation sites is 1. The lowest BCUT2D eigenvalue weighted by Crippen LogP contribution is -2.51. The Hall–Kier alpha value is -2.82. The van der Waals surface area contributed by atoms with Crippen molar-refractivity contribution in [2.24, 2.45) is 0 Å². The molecule has 1 saturated heterocycles. The Morgan fingerprint density at radius 2 is 1.52 bits per heavy atom. The fourth-order valence-electron chi connectivity index (χ4n) is 3.68. The van der Waals surface area contributed by atoms with Gasteiger partial charge >= 0.3 is 5.97 Å². The third-order valence-electron chi connectivity index (χ3n) is 5.24. The largest absolute Gasteiger partial charge is 0.481 e. The first-order chi connectivity index (χ1) is 13.1. The summed E-state index contributed by atoms with van der Waals surface area (Å²) >= 11 is 0. The van der Waals surface area contributed by atoms with E-state index in [0.717, 1.165) is 5.56 Å². The molecule has 0 unspecified atom stereocenters. The van der Waals surface area contributed by atoms with E-state index < -0.39 is 11.5 Å². The van der Waals surface area contributed by atoms with Crippen LogP contribution in [0.25, 0.3) is 0 Å². The highest BCUT2D eigenvalue weighted by Gasteiger charge is 2.45. The lowest BCUT2D eigenvalue weighted by molar-refractivity contribution is -0.152. The summed E-state index contributed by atoms with van der Waals surface area (Å²) in [4.78, 5) is 27.1. The number of rotatable bonds is 5. The SMILES string of the molecule is COC(=O)C1(c2ccccc2)CCN(C(=O)[C@@H](C)Oc2ccccc2)CC1. The number of nitrogens with zero attached hydrogens (tertiary/aromatic N) is 1. The summed E-state index contributed by atoms with van der Waals surface area (Å²) in [7, 11) is 1.42. The molecule has 5 nitrogen and oxygen atoms in total. The third kappa shape index (κ3) is 3.97. The van der Waals surface area contributed by atoms with E-state index in [1.165, 1.54) is 7.11 Å². The summed E-state index contributed by atoms with van der Waals surface area (Å²) in [5, 5.41) is 0. The zero-order valence-electron chi connectivity index (χ0n) is 15.8. The van der Waals surface area contributed by atoms with Crippen LogP contribution in [-0.2, 0) is 19.7 Å². The Morgan fingerprint density at radius 1 is 0.963 bits per heavy atom. The van der Waals surface area contributed by atoms with E-state index in [1.54, 1.807) is 11.8 Å². The lowest BCUT2D eigenvalue weighted by atomic mass is 9.72. The minimum atomic E-state index is -0.698. The second-order valence-electron chi connectivity index (χ2n) is 6.84. The van der Waals surface area contributed by atoms with Crippen LogP contribution in [0.1, 0.15) is 25.3 Å². The summed E-state index contributed by atoms with van der Waals surface area (Å²) in [6, 6.07) is 19.0. The molecule has 0 radical (unpaired) electrons. The molecule has 27 heavy (non-hydrogen) atoms. The van der Waals surface area contributed by atoms with Gasteiger partial charge in [-0.2, -0.15) is 0 Å². The van der Waals surface area contributed by atoms with Gasteiger partial charge in [-0.05, 0) is 37.5 Å². The Morgan fingerprint density at radius 3 is 2.07 bits per heavy atom. The topological polar surface area (TPSA) is 55.8 Å². The van der Waals surface area contributed by atoms with E-state index in [1.807, 2.05) is 60.7 Å². The number of carbonyl (C=O) groups excluding carboxylic acids is 2. The number of piperidine rings is 1. The quantitative estimate of drug-likeness (QED) is 0.762. The first kappa shape index (κ1) is 19.0. The minimum Gasteiger partial charge on any atom is -0.481 e. The summed E-state index contributed by atoms with van der Waals surface area (Å²) in [6.45, 7) is 2.74. The van der Waals surface area contributed by atoms with Gasteiger partial charge in [0.2, 0.25) is 0 Å². The van der Waals surface area contributed by atoms with Gasteiger partial charge < -0.3 is 14.4 Å². The van der Waals surface area contributed by atoms with Crippen molar-refractivity contribution in [3.63, 3.8) is 0 Å². The fourth-order valence-corrected chi connectivity index (χ4v) is 3.68. The zero-order valence-corrected chi connectivity index (χ0v) is 15.8. The second kappa shape index (κ2) is 8.25. The van der Waals surface area contributed by atoms with Gasteiger partial charge in [0.1, 0.15) is 5.75 Å². The van der Waals surface area contributed by atoms with Crippen molar-refractivity contribution in [2.75, 3.05) is 20.2 Å². The van der Waals surface area contributed by atoms with Crippen LogP contribution in [0.15, 0.2) is 60.7 Å². The predicted octanol–water partition coefficient (Wildman–Crippen LogP) is 3.19. The number of hydrogen-bond donors (Lipinski definition) is 0. The van der Waals surface area contributed by atoms with Gasteiger partial charge in [0, 0.05) is 13.1 Å². The Balaban J connectivity index is 1.69. The van der Waals surface area contributed by atoms with Gasteiger partial charge in [0.15, 0.2) is 6.10 Å². The van der Waals surface area contributed by atoms with Crippen molar-refractivity contribution >= 4 is 11.9 Å². The van der Waals surface area contributed by atoms with E-state index in [0.29, 0.717) is 31.7 Å². The van der Waals surface area contributed by atoms with Crippen LogP contribution >= 0.6 is 0 Å². The first-order valence-electron chi connectivity index (χ1n) is 9.21. The number of benzene rings is 2. The van der Waals surface area contributed by atoms with E-state index in [-0.39, 0.29) is 11.9 Å². The number of ether oxygens (including phenoxy) is 2. The number of carbonyl (C=O) groups is 2. The summed E-state index contributed by atoms with van der Waals surface area (Å²) in [6.07, 6.45) is 0.496. The van der Waals surface area contributed by atoms with Crippen molar-refractivity contribution in [1.29, 1.82) is 0 Å². The molecule has 0 N–H and O–H groups in total. The van der Waals surface area contributed by atoms with Crippen LogP contribution in [0.5, 0.6) is 5.75 Å². The maximum absolute atomic E-state index is 12.8. The maximum atomic E-state index is 12.8. The highest BCUT2D eigenvalue weighted by molar-refractivity contribution is 5.85. The highest BCUT2D eigenvalue weighted by atomic mass is 16.5. The molecule has 1 atom stereocenters. The molecule has 0 spiro atoms. The van der Waals surface area contributed by atoms with Gasteiger partial charge in [-0.3, -0.25) is 9.59 Å². The number of methoxy groups -OCH3 is 1. The molecule has 0 aromatic heterocycles. The van der Waals surface area contributed by atoms with Gasteiger partial charge in [-0.25, -0.2) is 0 Å². The van der Waals surface area contributed by atoms with Crippen LogP contribution < -0.4 is 4.74 Å². The monoisotopic (exact) mass is 367 g/mol. The Labute approximate surface area is 159 Å². The smallest absolute Gasteiger partial charge is 0.316 e. The molecule has 1 aliphatic rings. The molecule has 1 fully saturated rings. The van der Waals surface area contributed by atoms with Gasteiger partial charge in [0.25, 0.3) is 5.91 Å². The Bertz CT molecular complexity index is 767. The minimum absolute atomic E-state index is 0.0645. The van der Waals surface area contributed by atoms with Crippen molar-refractivity contribution in [3.05, 3.63) is 66.2 Å². The van der Waals surface area contributed by atoms with Gasteiger partial charge in [-0.1, -0.05) is 48.5 Å². The molecule has 142 valence electrons. The van der Waals surface area contributed by atoms with Gasteiger partial charge in [0.05, 0.1) is 12.5 Å². The second-order valence-corrected chi connectivity index (χ2v) is 6.84. The number of amides is 1. The molecule has 1 heterocycles. The maximum Gasteiger partial charge on any atom is 0.316 e. The van der Waals surface area contributed by atoms with Crippen molar-refractivity contribution in [3.8, 4) is 5.75 Å². The fraction of sp³-hybridized carbons (Fsp3) is 0.364. The van der Waals surface area contributed by atoms with Crippen LogP contribution in [0.2, 0.25) is 0 Å². The molecular weight excluding hydrogens is 342 g/mol. The number of likely N-dealkylation sites (tertiary alicyclic amines) is 1. The van der Waals surface area contributed by atoms with E-state index in [2.05, 4.69) is 0 Å². The summed E-state index contributed by atoms with van der Waals surface area (Å²) in [5.41, 5.74) is 0.244. The molecule has 1 amide bonds. The number of esters is 1. The first-order valence-corrected chi connectivity index (χ1v) is 9.21. The van der Waals surface area contributed by atoms with E-state index >= 15 is 0 Å². The highest BCUT2D eigenvalue weighted by Crippen LogP contribution is 2.37. The third-order valence-corrected chi connectivity index (χ3v) is 5.24. The number of hydrogen-bond acceptors (Lipinski definition) is 4. The van der Waals surface area contributed by atoms with Crippen LogP contribution in [0.3, 0.4) is 0 Å². The molecule has 0 aliphatic carbocycles. The molecule has 0 bridgehead atoms. The van der Waals surface area contributed by atoms with Crippen molar-refractivity contribution in [1.82, 2.24) is 4.90 Å². The summed E-state index contributed by atoms with van der Waals surface area (Å²) < 4.78 is 10.9. The lowest BCUT2D eigenvalue weighted by Gasteiger charge is -2.40. The molecular formula is C22H25NO4. The normalized spacial score (nSPS) is 17.0. The molecule has 3 rings (SSSR count). The molecule has 0 saturated carbocycles. The Kier molecular flexibility index (Phi) is 5.79. The van der Waals surface area contributed by atoms with Gasteiger partial charge in [-0.15, -0.1) is 0 Å². The van der Waals surface area contributed by atoms with E-state index in [9.17, 15) is 9.59 Å². The van der Waals surface area contributed by atoms with Crippen molar-refractivity contribution in [2.45, 2.75) is 31.3 Å². The van der Waals surface area contributed by atoms with Crippen LogP contribution in [-0.4, -0.2) is 43.1 Å². The van der Waals surface area contributed by atoms with Crippen molar-refractivity contribution < 1.29 is 19.1 Å².